The number of hydrogen-bond acceptors (Lipinski definition) is 5. The second kappa shape index (κ2) is 12.3. The van der Waals surface area contributed by atoms with Gasteiger partial charge in [-0.15, -0.1) is 45.5 Å². The van der Waals surface area contributed by atoms with Crippen LogP contribution in [0.5, 0.6) is 0 Å². The van der Waals surface area contributed by atoms with Crippen LogP contribution in [0.25, 0.3) is 0 Å². The monoisotopic (exact) mass is 529 g/mol. The number of piperazine rings is 1. The van der Waals surface area contributed by atoms with Gasteiger partial charge in [-0.05, 0) is 18.4 Å². The van der Waals surface area contributed by atoms with Crippen LogP contribution in [0.15, 0.2) is 41.0 Å². The first-order valence-electron chi connectivity index (χ1n) is 9.94. The molecule has 9 heteroatoms. The molecule has 0 amide bonds. The number of aryl methyl sites for hydroxylation is 1. The SMILES string of the molecule is C=C(C)CN=C(NCCn1cnnc1CC)N1CCN(Cc2cccs2)CC1.I. The maximum atomic E-state index is 4.78. The van der Waals surface area contributed by atoms with E-state index in [1.807, 2.05) is 18.3 Å². The van der Waals surface area contributed by atoms with Crippen LogP contribution < -0.4 is 5.32 Å². The number of aliphatic imine (C=N–C) groups is 1. The van der Waals surface area contributed by atoms with E-state index in [9.17, 15) is 0 Å². The molecule has 0 atom stereocenters. The average molecular weight is 529 g/mol. The zero-order chi connectivity index (χ0) is 19.8. The average Bonchev–Trinajstić information content (AvgIpc) is 3.36. The van der Waals surface area contributed by atoms with Crippen molar-refractivity contribution in [1.29, 1.82) is 0 Å². The zero-order valence-corrected chi connectivity index (χ0v) is 20.5. The maximum absolute atomic E-state index is 4.78. The Morgan fingerprint density at radius 2 is 2.10 bits per heavy atom. The molecule has 160 valence electrons. The summed E-state index contributed by atoms with van der Waals surface area (Å²) < 4.78 is 2.10. The molecule has 1 fully saturated rings. The first kappa shape index (κ1) is 23.8. The molecule has 3 heterocycles. The summed E-state index contributed by atoms with van der Waals surface area (Å²) in [4.78, 5) is 11.1. The van der Waals surface area contributed by atoms with Crippen LogP contribution in [0.3, 0.4) is 0 Å². The number of guanidine groups is 1. The lowest BCUT2D eigenvalue weighted by molar-refractivity contribution is 0.173. The van der Waals surface area contributed by atoms with Crippen LogP contribution in [0.2, 0.25) is 0 Å². The summed E-state index contributed by atoms with van der Waals surface area (Å²) >= 11 is 1.83. The lowest BCUT2D eigenvalue weighted by Gasteiger charge is -2.36. The van der Waals surface area contributed by atoms with Crippen molar-refractivity contribution in [2.24, 2.45) is 4.99 Å². The highest BCUT2D eigenvalue weighted by Crippen LogP contribution is 2.13. The fourth-order valence-electron chi connectivity index (χ4n) is 3.25. The van der Waals surface area contributed by atoms with Crippen molar-refractivity contribution in [3.8, 4) is 0 Å². The molecule has 0 radical (unpaired) electrons. The predicted octanol–water partition coefficient (Wildman–Crippen LogP) is 2.86. The third kappa shape index (κ3) is 7.38. The normalized spacial score (nSPS) is 15.2. The molecule has 2 aromatic heterocycles. The summed E-state index contributed by atoms with van der Waals surface area (Å²) in [5.74, 6) is 1.99. The van der Waals surface area contributed by atoms with Gasteiger partial charge in [-0.25, -0.2) is 4.99 Å². The van der Waals surface area contributed by atoms with E-state index in [0.29, 0.717) is 6.54 Å². The minimum Gasteiger partial charge on any atom is -0.354 e. The van der Waals surface area contributed by atoms with Gasteiger partial charge in [-0.3, -0.25) is 4.90 Å². The minimum absolute atomic E-state index is 0. The van der Waals surface area contributed by atoms with Gasteiger partial charge in [-0.1, -0.05) is 25.1 Å². The van der Waals surface area contributed by atoms with Crippen LogP contribution in [0, 0.1) is 0 Å². The smallest absolute Gasteiger partial charge is 0.194 e. The van der Waals surface area contributed by atoms with E-state index in [4.69, 9.17) is 4.99 Å². The van der Waals surface area contributed by atoms with Crippen molar-refractivity contribution in [3.05, 3.63) is 46.7 Å². The van der Waals surface area contributed by atoms with Gasteiger partial charge in [0.2, 0.25) is 0 Å². The van der Waals surface area contributed by atoms with Crippen LogP contribution >= 0.6 is 35.3 Å². The highest BCUT2D eigenvalue weighted by Gasteiger charge is 2.20. The van der Waals surface area contributed by atoms with Gasteiger partial charge in [0.1, 0.15) is 12.2 Å². The molecule has 0 bridgehead atoms. The Balaban J connectivity index is 0.00000300. The molecule has 0 spiro atoms. The lowest BCUT2D eigenvalue weighted by Crippen LogP contribution is -2.52. The van der Waals surface area contributed by atoms with E-state index < -0.39 is 0 Å². The predicted molar refractivity (Wildman–Crippen MR) is 131 cm³/mol. The fraction of sp³-hybridized carbons (Fsp3) is 0.550. The van der Waals surface area contributed by atoms with Gasteiger partial charge in [0.25, 0.3) is 0 Å². The number of nitrogens with zero attached hydrogens (tertiary/aromatic N) is 6. The first-order chi connectivity index (χ1) is 13.7. The summed E-state index contributed by atoms with van der Waals surface area (Å²) in [6, 6.07) is 4.34. The van der Waals surface area contributed by atoms with Crippen molar-refractivity contribution in [2.75, 3.05) is 39.3 Å². The summed E-state index contributed by atoms with van der Waals surface area (Å²) in [7, 11) is 0. The number of thiophene rings is 1. The van der Waals surface area contributed by atoms with Crippen molar-refractivity contribution in [2.45, 2.75) is 33.4 Å². The number of nitrogens with one attached hydrogen (secondary N) is 1. The largest absolute Gasteiger partial charge is 0.354 e. The first-order valence-corrected chi connectivity index (χ1v) is 10.8. The summed E-state index contributed by atoms with van der Waals surface area (Å²) in [5.41, 5.74) is 1.07. The van der Waals surface area contributed by atoms with Gasteiger partial charge in [0.05, 0.1) is 6.54 Å². The Morgan fingerprint density at radius 1 is 1.31 bits per heavy atom. The number of rotatable bonds is 8. The van der Waals surface area contributed by atoms with Gasteiger partial charge in [0, 0.05) is 57.1 Å². The van der Waals surface area contributed by atoms with Crippen molar-refractivity contribution in [3.63, 3.8) is 0 Å². The molecule has 2 aromatic rings. The van der Waals surface area contributed by atoms with E-state index >= 15 is 0 Å². The molecule has 0 saturated carbocycles. The topological polar surface area (TPSA) is 61.6 Å². The highest BCUT2D eigenvalue weighted by molar-refractivity contribution is 14.0. The van der Waals surface area contributed by atoms with Gasteiger partial charge < -0.3 is 14.8 Å². The molecule has 3 rings (SSSR count). The molecule has 0 aliphatic carbocycles. The van der Waals surface area contributed by atoms with Gasteiger partial charge in [0.15, 0.2) is 5.96 Å². The second-order valence-corrected chi connectivity index (χ2v) is 8.19. The van der Waals surface area contributed by atoms with E-state index in [-0.39, 0.29) is 24.0 Å². The summed E-state index contributed by atoms with van der Waals surface area (Å²) in [5, 5.41) is 13.8. The van der Waals surface area contributed by atoms with E-state index in [2.05, 4.69) is 60.9 Å². The molecule has 1 aliphatic heterocycles. The summed E-state index contributed by atoms with van der Waals surface area (Å²) in [6.45, 7) is 15.5. The second-order valence-electron chi connectivity index (χ2n) is 7.16. The molecule has 0 aromatic carbocycles. The molecule has 7 nitrogen and oxygen atoms in total. The summed E-state index contributed by atoms with van der Waals surface area (Å²) in [6.07, 6.45) is 2.69. The molecule has 1 aliphatic rings. The van der Waals surface area contributed by atoms with Crippen molar-refractivity contribution < 1.29 is 0 Å². The molecule has 29 heavy (non-hydrogen) atoms. The van der Waals surface area contributed by atoms with Gasteiger partial charge >= 0.3 is 0 Å². The van der Waals surface area contributed by atoms with E-state index in [1.54, 1.807) is 6.33 Å². The van der Waals surface area contributed by atoms with E-state index in [1.165, 1.54) is 4.88 Å². The Bertz CT molecular complexity index is 764. The van der Waals surface area contributed by atoms with Crippen LogP contribution in [-0.2, 0) is 19.5 Å². The Hall–Kier alpha value is -1.46. The van der Waals surface area contributed by atoms with E-state index in [0.717, 1.165) is 69.6 Å². The third-order valence-corrected chi connectivity index (χ3v) is 5.64. The zero-order valence-electron chi connectivity index (χ0n) is 17.4. The van der Waals surface area contributed by atoms with Gasteiger partial charge in [-0.2, -0.15) is 0 Å². The minimum atomic E-state index is 0. The molecule has 0 unspecified atom stereocenters. The van der Waals surface area contributed by atoms with Crippen molar-refractivity contribution in [1.82, 2.24) is 29.9 Å². The van der Waals surface area contributed by atoms with Crippen molar-refractivity contribution >= 4 is 41.3 Å². The fourth-order valence-corrected chi connectivity index (χ4v) is 3.99. The maximum Gasteiger partial charge on any atom is 0.194 e. The Labute approximate surface area is 194 Å². The van der Waals surface area contributed by atoms with Crippen LogP contribution in [-0.4, -0.2) is 69.8 Å². The standard InChI is InChI=1S/C20H31N7S.HI/c1-4-19-24-23-16-27(19)8-7-21-20(22-14-17(2)3)26-11-9-25(10-12-26)15-18-6-5-13-28-18;/h5-6,13,16H,2,4,7-12,14-15H2,1,3H3,(H,21,22);1H. The molecule has 1 saturated heterocycles. The van der Waals surface area contributed by atoms with Crippen LogP contribution in [0.4, 0.5) is 0 Å². The highest BCUT2D eigenvalue weighted by atomic mass is 127. The number of halogens is 1. The lowest BCUT2D eigenvalue weighted by atomic mass is 10.3. The number of aromatic nitrogens is 3. The third-order valence-electron chi connectivity index (χ3n) is 4.78. The Kier molecular flexibility index (Phi) is 10.1. The molecular weight excluding hydrogens is 497 g/mol. The molecular formula is C20H32IN7S. The molecule has 1 N–H and O–H groups in total. The van der Waals surface area contributed by atoms with Crippen LogP contribution in [0.1, 0.15) is 24.5 Å². The Morgan fingerprint density at radius 3 is 2.76 bits per heavy atom. The quantitative estimate of drug-likeness (QED) is 0.247. The number of hydrogen-bond donors (Lipinski definition) is 1.